The largest absolute Gasteiger partial charge is 0.459 e. The van der Waals surface area contributed by atoms with E-state index < -0.39 is 0 Å². The first-order valence-corrected chi connectivity index (χ1v) is 7.14. The first-order chi connectivity index (χ1) is 9.20. The third-order valence-corrected chi connectivity index (χ3v) is 3.92. The van der Waals surface area contributed by atoms with Gasteiger partial charge in [0, 0.05) is 0 Å². The number of carbonyl (C=O) groups excluding carboxylic acids is 1. The van der Waals surface area contributed by atoms with Gasteiger partial charge in [-0.05, 0) is 42.9 Å². The van der Waals surface area contributed by atoms with E-state index in [-0.39, 0.29) is 12.1 Å². The molecule has 1 aliphatic rings. The maximum atomic E-state index is 12.1. The van der Waals surface area contributed by atoms with Gasteiger partial charge in [-0.3, -0.25) is 0 Å². The van der Waals surface area contributed by atoms with Crippen LogP contribution in [0.25, 0.3) is 6.08 Å². The van der Waals surface area contributed by atoms with Crippen molar-refractivity contribution in [3.63, 3.8) is 0 Å². The average molecular weight is 258 g/mol. The number of benzene rings is 1. The Labute approximate surface area is 115 Å². The number of hydrogen-bond acceptors (Lipinski definition) is 2. The zero-order valence-electron chi connectivity index (χ0n) is 11.6. The van der Waals surface area contributed by atoms with Crippen LogP contribution in [0.1, 0.15) is 54.9 Å². The summed E-state index contributed by atoms with van der Waals surface area (Å²) in [4.78, 5) is 12.1. The van der Waals surface area contributed by atoms with E-state index in [1.54, 1.807) is 18.2 Å². The topological polar surface area (TPSA) is 26.3 Å². The summed E-state index contributed by atoms with van der Waals surface area (Å²) in [6, 6.07) is 7.39. The highest BCUT2D eigenvalue weighted by Gasteiger charge is 2.23. The van der Waals surface area contributed by atoms with E-state index in [0.717, 1.165) is 24.8 Å². The van der Waals surface area contributed by atoms with E-state index in [0.29, 0.717) is 11.5 Å². The summed E-state index contributed by atoms with van der Waals surface area (Å²) >= 11 is 0. The Kier molecular flexibility index (Phi) is 4.78. The van der Waals surface area contributed by atoms with Gasteiger partial charge >= 0.3 is 5.97 Å². The minimum absolute atomic E-state index is 0.0779. The molecule has 19 heavy (non-hydrogen) atoms. The molecule has 1 fully saturated rings. The molecule has 2 nitrogen and oxygen atoms in total. The SMILES string of the molecule is C=Cc1ccc(C(=O)OC2CCCCCC2C)cc1. The Bertz CT molecular complexity index is 433. The zero-order chi connectivity index (χ0) is 13.7. The smallest absolute Gasteiger partial charge is 0.338 e. The fourth-order valence-electron chi connectivity index (χ4n) is 2.59. The lowest BCUT2D eigenvalue weighted by Gasteiger charge is -2.21. The molecule has 0 amide bonds. The second-order valence-electron chi connectivity index (χ2n) is 5.39. The van der Waals surface area contributed by atoms with E-state index in [2.05, 4.69) is 13.5 Å². The van der Waals surface area contributed by atoms with E-state index in [1.165, 1.54) is 12.8 Å². The van der Waals surface area contributed by atoms with Crippen LogP contribution < -0.4 is 0 Å². The van der Waals surface area contributed by atoms with E-state index in [1.807, 2.05) is 12.1 Å². The molecule has 2 atom stereocenters. The molecule has 1 aliphatic carbocycles. The minimum Gasteiger partial charge on any atom is -0.459 e. The molecule has 0 spiro atoms. The molecule has 2 heteroatoms. The molecule has 0 heterocycles. The van der Waals surface area contributed by atoms with Crippen molar-refractivity contribution >= 4 is 12.0 Å². The number of hydrogen-bond donors (Lipinski definition) is 0. The fourth-order valence-corrected chi connectivity index (χ4v) is 2.59. The van der Waals surface area contributed by atoms with Crippen LogP contribution in [-0.2, 0) is 4.74 Å². The monoisotopic (exact) mass is 258 g/mol. The summed E-state index contributed by atoms with van der Waals surface area (Å²) < 4.78 is 5.68. The van der Waals surface area contributed by atoms with Crippen molar-refractivity contribution in [3.8, 4) is 0 Å². The summed E-state index contributed by atoms with van der Waals surface area (Å²) in [6.45, 7) is 5.89. The normalized spacial score (nSPS) is 23.4. The van der Waals surface area contributed by atoms with Gasteiger partial charge in [-0.25, -0.2) is 4.79 Å². The highest BCUT2D eigenvalue weighted by Crippen LogP contribution is 2.26. The number of esters is 1. The van der Waals surface area contributed by atoms with Gasteiger partial charge in [0.15, 0.2) is 0 Å². The Balaban J connectivity index is 2.00. The first kappa shape index (κ1) is 13.9. The standard InChI is InChI=1S/C17H22O2/c1-3-14-9-11-15(12-10-14)17(18)19-16-8-6-4-5-7-13(16)2/h3,9-13,16H,1,4-8H2,2H3. The quantitative estimate of drug-likeness (QED) is 0.591. The maximum Gasteiger partial charge on any atom is 0.338 e. The molecular weight excluding hydrogens is 236 g/mol. The lowest BCUT2D eigenvalue weighted by molar-refractivity contribution is 0.0142. The Morgan fingerprint density at radius 1 is 1.21 bits per heavy atom. The van der Waals surface area contributed by atoms with Crippen molar-refractivity contribution in [2.24, 2.45) is 5.92 Å². The van der Waals surface area contributed by atoms with Gasteiger partial charge < -0.3 is 4.74 Å². The number of ether oxygens (including phenoxy) is 1. The van der Waals surface area contributed by atoms with Gasteiger partial charge in [0.05, 0.1) is 5.56 Å². The van der Waals surface area contributed by atoms with Crippen LogP contribution in [0.2, 0.25) is 0 Å². The van der Waals surface area contributed by atoms with Gasteiger partial charge in [-0.2, -0.15) is 0 Å². The zero-order valence-corrected chi connectivity index (χ0v) is 11.6. The minimum atomic E-state index is -0.200. The molecule has 2 rings (SSSR count). The molecule has 1 aromatic carbocycles. The summed E-state index contributed by atoms with van der Waals surface area (Å²) in [6.07, 6.45) is 7.68. The molecule has 0 saturated heterocycles. The lowest BCUT2D eigenvalue weighted by Crippen LogP contribution is -2.24. The third kappa shape index (κ3) is 3.69. The number of carbonyl (C=O) groups is 1. The van der Waals surface area contributed by atoms with E-state index >= 15 is 0 Å². The summed E-state index contributed by atoms with van der Waals surface area (Å²) in [5, 5.41) is 0. The van der Waals surface area contributed by atoms with E-state index in [9.17, 15) is 4.79 Å². The molecule has 0 bridgehead atoms. The molecule has 0 radical (unpaired) electrons. The van der Waals surface area contributed by atoms with Crippen LogP contribution in [0.15, 0.2) is 30.8 Å². The summed E-state index contributed by atoms with van der Waals surface area (Å²) in [5.41, 5.74) is 1.64. The van der Waals surface area contributed by atoms with Gasteiger partial charge in [-0.1, -0.05) is 44.6 Å². The highest BCUT2D eigenvalue weighted by molar-refractivity contribution is 5.89. The van der Waals surface area contributed by atoms with Crippen LogP contribution in [0.5, 0.6) is 0 Å². The third-order valence-electron chi connectivity index (χ3n) is 3.92. The average Bonchev–Trinajstić information content (AvgIpc) is 2.64. The Morgan fingerprint density at radius 2 is 1.89 bits per heavy atom. The Morgan fingerprint density at radius 3 is 2.58 bits per heavy atom. The molecule has 0 aromatic heterocycles. The predicted octanol–water partition coefficient (Wildman–Crippen LogP) is 4.46. The fraction of sp³-hybridized carbons (Fsp3) is 0.471. The Hall–Kier alpha value is -1.57. The van der Waals surface area contributed by atoms with Crippen molar-refractivity contribution in [1.82, 2.24) is 0 Å². The van der Waals surface area contributed by atoms with Crippen molar-refractivity contribution in [3.05, 3.63) is 42.0 Å². The number of rotatable bonds is 3. The van der Waals surface area contributed by atoms with Crippen LogP contribution in [0.4, 0.5) is 0 Å². The summed E-state index contributed by atoms with van der Waals surface area (Å²) in [5.74, 6) is 0.272. The van der Waals surface area contributed by atoms with Crippen LogP contribution in [0, 0.1) is 5.92 Å². The van der Waals surface area contributed by atoms with Crippen molar-refractivity contribution in [2.45, 2.75) is 45.1 Å². The molecule has 0 N–H and O–H groups in total. The molecular formula is C17H22O2. The molecule has 1 saturated carbocycles. The molecule has 2 unspecified atom stereocenters. The molecule has 102 valence electrons. The van der Waals surface area contributed by atoms with Gasteiger partial charge in [-0.15, -0.1) is 0 Å². The van der Waals surface area contributed by atoms with Crippen molar-refractivity contribution in [2.75, 3.05) is 0 Å². The van der Waals surface area contributed by atoms with Gasteiger partial charge in [0.25, 0.3) is 0 Å². The van der Waals surface area contributed by atoms with Crippen LogP contribution in [-0.4, -0.2) is 12.1 Å². The molecule has 0 aliphatic heterocycles. The van der Waals surface area contributed by atoms with Crippen molar-refractivity contribution < 1.29 is 9.53 Å². The first-order valence-electron chi connectivity index (χ1n) is 7.14. The van der Waals surface area contributed by atoms with Gasteiger partial charge in [0.2, 0.25) is 0 Å². The predicted molar refractivity (Wildman–Crippen MR) is 78.0 cm³/mol. The van der Waals surface area contributed by atoms with E-state index in [4.69, 9.17) is 4.74 Å². The summed E-state index contributed by atoms with van der Waals surface area (Å²) in [7, 11) is 0. The molecule has 1 aromatic rings. The highest BCUT2D eigenvalue weighted by atomic mass is 16.5. The lowest BCUT2D eigenvalue weighted by atomic mass is 9.99. The van der Waals surface area contributed by atoms with Gasteiger partial charge in [0.1, 0.15) is 6.10 Å². The second kappa shape index (κ2) is 6.55. The second-order valence-corrected chi connectivity index (χ2v) is 5.39. The van der Waals surface area contributed by atoms with Crippen LogP contribution >= 0.6 is 0 Å². The maximum absolute atomic E-state index is 12.1. The van der Waals surface area contributed by atoms with Crippen LogP contribution in [0.3, 0.4) is 0 Å². The van der Waals surface area contributed by atoms with Crippen molar-refractivity contribution in [1.29, 1.82) is 0 Å².